The average Bonchev–Trinajstić information content (AvgIpc) is 3.19. The molecule has 0 bridgehead atoms. The Kier molecular flexibility index (Phi) is 8.66. The summed E-state index contributed by atoms with van der Waals surface area (Å²) in [6.07, 6.45) is 6.92. The lowest BCUT2D eigenvalue weighted by Crippen LogP contribution is -2.12. The van der Waals surface area contributed by atoms with Crippen molar-refractivity contribution in [1.29, 1.82) is 0 Å². The highest BCUT2D eigenvalue weighted by Gasteiger charge is 2.24. The van der Waals surface area contributed by atoms with Crippen LogP contribution < -0.4 is 0 Å². The molecule has 178 valence electrons. The van der Waals surface area contributed by atoms with Gasteiger partial charge in [0.15, 0.2) is 15.6 Å². The minimum absolute atomic E-state index is 0.0110. The van der Waals surface area contributed by atoms with Crippen molar-refractivity contribution in [3.05, 3.63) is 40.1 Å². The molecular formula is C21H25ClN4O5S2. The van der Waals surface area contributed by atoms with Crippen molar-refractivity contribution in [3.8, 4) is 0 Å². The summed E-state index contributed by atoms with van der Waals surface area (Å²) >= 11 is 7.76. The molecule has 0 aliphatic heterocycles. The number of unbranched alkanes of at least 4 members (excludes halogenated alkanes) is 2. The summed E-state index contributed by atoms with van der Waals surface area (Å²) in [5, 5.41) is 12.2. The molecule has 3 rings (SSSR count). The minimum Gasteiger partial charge on any atom is -0.427 e. The van der Waals surface area contributed by atoms with Crippen LogP contribution in [0.25, 0.3) is 0 Å². The number of ether oxygens (including phenoxy) is 1. The third-order valence-electron chi connectivity index (χ3n) is 5.03. The molecule has 0 unspecified atom stereocenters. The van der Waals surface area contributed by atoms with Crippen LogP contribution in [0.15, 0.2) is 34.0 Å². The summed E-state index contributed by atoms with van der Waals surface area (Å²) in [6, 6.07) is 2.67. The van der Waals surface area contributed by atoms with Gasteiger partial charge in [0.05, 0.1) is 15.5 Å². The standard InChI is InChI=1S/C21H25ClN4O5S2/c1-3-4-5-11-26-21(23-24-25-26)32-13-17-18(33(2,29)30)10-9-16(19(17)22)20(28)31-15-8-6-7-14(27)12-15/h9-10,12H,3-8,11,13H2,1-2H3. The number of ketones is 1. The van der Waals surface area contributed by atoms with Crippen molar-refractivity contribution < 1.29 is 22.7 Å². The zero-order valence-electron chi connectivity index (χ0n) is 18.4. The van der Waals surface area contributed by atoms with Gasteiger partial charge in [-0.25, -0.2) is 17.9 Å². The first-order valence-corrected chi connectivity index (χ1v) is 13.8. The van der Waals surface area contributed by atoms with E-state index in [0.29, 0.717) is 31.0 Å². The van der Waals surface area contributed by atoms with E-state index >= 15 is 0 Å². The molecule has 1 aliphatic carbocycles. The van der Waals surface area contributed by atoms with E-state index in [1.165, 1.54) is 30.0 Å². The maximum atomic E-state index is 12.7. The van der Waals surface area contributed by atoms with Gasteiger partial charge >= 0.3 is 5.97 Å². The maximum Gasteiger partial charge on any atom is 0.344 e. The molecular weight excluding hydrogens is 488 g/mol. The topological polar surface area (TPSA) is 121 Å². The van der Waals surface area contributed by atoms with Gasteiger partial charge in [-0.05, 0) is 35.4 Å². The van der Waals surface area contributed by atoms with E-state index in [1.807, 2.05) is 0 Å². The molecule has 1 aromatic carbocycles. The Morgan fingerprint density at radius 1 is 1.27 bits per heavy atom. The Bertz CT molecular complexity index is 1180. The normalized spacial score (nSPS) is 14.3. The van der Waals surface area contributed by atoms with E-state index < -0.39 is 15.8 Å². The van der Waals surface area contributed by atoms with E-state index in [0.717, 1.165) is 25.5 Å². The summed E-state index contributed by atoms with van der Waals surface area (Å²) in [5.41, 5.74) is 0.302. The molecule has 0 spiro atoms. The average molecular weight is 513 g/mol. The van der Waals surface area contributed by atoms with Crippen LogP contribution in [0.2, 0.25) is 5.02 Å². The molecule has 0 N–H and O–H groups in total. The molecule has 0 saturated heterocycles. The minimum atomic E-state index is -3.62. The lowest BCUT2D eigenvalue weighted by Gasteiger charge is -2.15. The second-order valence-corrected chi connectivity index (χ2v) is 11.0. The van der Waals surface area contributed by atoms with E-state index in [2.05, 4.69) is 22.4 Å². The van der Waals surface area contributed by atoms with Crippen LogP contribution in [0.4, 0.5) is 0 Å². The third-order valence-corrected chi connectivity index (χ3v) is 7.63. The first-order chi connectivity index (χ1) is 15.7. The molecule has 0 fully saturated rings. The van der Waals surface area contributed by atoms with Gasteiger partial charge in [0.25, 0.3) is 0 Å². The largest absolute Gasteiger partial charge is 0.427 e. The molecule has 0 atom stereocenters. The summed E-state index contributed by atoms with van der Waals surface area (Å²) in [5.74, 6) is -0.424. The van der Waals surface area contributed by atoms with Crippen molar-refractivity contribution >= 4 is 45.0 Å². The highest BCUT2D eigenvalue weighted by molar-refractivity contribution is 7.98. The number of halogens is 1. The molecule has 0 saturated carbocycles. The van der Waals surface area contributed by atoms with Crippen LogP contribution in [-0.2, 0) is 31.7 Å². The molecule has 12 heteroatoms. The van der Waals surface area contributed by atoms with Gasteiger partial charge in [0, 0.05) is 43.0 Å². The van der Waals surface area contributed by atoms with Crippen molar-refractivity contribution in [2.45, 2.75) is 67.8 Å². The van der Waals surface area contributed by atoms with Crippen molar-refractivity contribution in [2.75, 3.05) is 6.26 Å². The molecule has 0 radical (unpaired) electrons. The molecule has 33 heavy (non-hydrogen) atoms. The van der Waals surface area contributed by atoms with Gasteiger partial charge in [0.1, 0.15) is 5.76 Å². The van der Waals surface area contributed by atoms with Crippen molar-refractivity contribution in [1.82, 2.24) is 20.2 Å². The van der Waals surface area contributed by atoms with Crippen LogP contribution in [0.3, 0.4) is 0 Å². The van der Waals surface area contributed by atoms with E-state index in [-0.39, 0.29) is 38.3 Å². The van der Waals surface area contributed by atoms with Crippen molar-refractivity contribution in [2.24, 2.45) is 0 Å². The number of benzene rings is 1. The second kappa shape index (κ2) is 11.3. The van der Waals surface area contributed by atoms with Gasteiger partial charge in [-0.2, -0.15) is 0 Å². The quantitative estimate of drug-likeness (QED) is 0.264. The Balaban J connectivity index is 1.86. The number of sulfone groups is 1. The number of hydrogen-bond donors (Lipinski definition) is 0. The van der Waals surface area contributed by atoms with Crippen LogP contribution in [-0.4, -0.2) is 46.6 Å². The van der Waals surface area contributed by atoms with Crippen LogP contribution >= 0.6 is 23.4 Å². The Morgan fingerprint density at radius 3 is 2.76 bits per heavy atom. The zero-order chi connectivity index (χ0) is 24.0. The fraction of sp³-hybridized carbons (Fsp3) is 0.476. The number of carbonyl (C=O) groups excluding carboxylic acids is 2. The number of carbonyl (C=O) groups is 2. The SMILES string of the molecule is CCCCCn1nnnc1SCc1c(S(C)(=O)=O)ccc(C(=O)OC2=CC(=O)CCC2)c1Cl. The molecule has 9 nitrogen and oxygen atoms in total. The number of hydrogen-bond acceptors (Lipinski definition) is 9. The third kappa shape index (κ3) is 6.64. The molecule has 1 aliphatic rings. The number of esters is 1. The summed E-state index contributed by atoms with van der Waals surface area (Å²) in [4.78, 5) is 24.4. The van der Waals surface area contributed by atoms with Gasteiger partial charge in [-0.15, -0.1) is 5.10 Å². The lowest BCUT2D eigenvalue weighted by atomic mass is 10.1. The van der Waals surface area contributed by atoms with Crippen LogP contribution in [0, 0.1) is 0 Å². The predicted molar refractivity (Wildman–Crippen MR) is 124 cm³/mol. The predicted octanol–water partition coefficient (Wildman–Crippen LogP) is 4.01. The zero-order valence-corrected chi connectivity index (χ0v) is 20.8. The lowest BCUT2D eigenvalue weighted by molar-refractivity contribution is -0.115. The molecule has 2 aromatic rings. The Hall–Kier alpha value is -2.24. The highest BCUT2D eigenvalue weighted by Crippen LogP contribution is 2.34. The Morgan fingerprint density at radius 2 is 2.06 bits per heavy atom. The first-order valence-electron chi connectivity index (χ1n) is 10.6. The molecule has 0 amide bonds. The molecule has 1 heterocycles. The van der Waals surface area contributed by atoms with Gasteiger partial charge in [-0.3, -0.25) is 4.79 Å². The maximum absolute atomic E-state index is 12.7. The van der Waals surface area contributed by atoms with Crippen LogP contribution in [0.1, 0.15) is 61.4 Å². The van der Waals surface area contributed by atoms with Crippen LogP contribution in [0.5, 0.6) is 0 Å². The number of rotatable bonds is 10. The monoisotopic (exact) mass is 512 g/mol. The fourth-order valence-electron chi connectivity index (χ4n) is 3.35. The number of nitrogens with zero attached hydrogens (tertiary/aromatic N) is 4. The number of aryl methyl sites for hydroxylation is 1. The number of tetrazole rings is 1. The van der Waals surface area contributed by atoms with E-state index in [9.17, 15) is 18.0 Å². The summed E-state index contributed by atoms with van der Waals surface area (Å²) < 4.78 is 31.8. The summed E-state index contributed by atoms with van der Waals surface area (Å²) in [6.45, 7) is 2.75. The van der Waals surface area contributed by atoms with Crippen molar-refractivity contribution in [3.63, 3.8) is 0 Å². The number of allylic oxidation sites excluding steroid dienone is 2. The second-order valence-electron chi connectivity index (χ2n) is 7.68. The fourth-order valence-corrected chi connectivity index (χ4v) is 5.76. The Labute approximate surface area is 201 Å². The number of thioether (sulfide) groups is 1. The van der Waals surface area contributed by atoms with Gasteiger partial charge in [0.2, 0.25) is 5.16 Å². The smallest absolute Gasteiger partial charge is 0.344 e. The highest BCUT2D eigenvalue weighted by atomic mass is 35.5. The van der Waals surface area contributed by atoms with E-state index in [1.54, 1.807) is 4.68 Å². The van der Waals surface area contributed by atoms with E-state index in [4.69, 9.17) is 16.3 Å². The number of aromatic nitrogens is 4. The summed E-state index contributed by atoms with van der Waals surface area (Å²) in [7, 11) is -3.62. The van der Waals surface area contributed by atoms with Gasteiger partial charge < -0.3 is 4.74 Å². The van der Waals surface area contributed by atoms with Gasteiger partial charge in [-0.1, -0.05) is 43.1 Å². The molecule has 1 aromatic heterocycles. The first kappa shape index (κ1) is 25.4.